The van der Waals surface area contributed by atoms with Crippen LogP contribution in [-0.4, -0.2) is 25.2 Å². The Bertz CT molecular complexity index is 180. The standard InChI is InChI=1S/C11H22OSi2/c1-4-11(5-2)13-10(3)14-9-7-6-8-12-14/h4-5,10-11,14H,1-2,6-9,13H2,3H3. The summed E-state index contributed by atoms with van der Waals surface area (Å²) in [7, 11) is -0.933. The van der Waals surface area contributed by atoms with Crippen LogP contribution in [0.25, 0.3) is 0 Å². The molecular weight excluding hydrogens is 204 g/mol. The fourth-order valence-corrected chi connectivity index (χ4v) is 8.82. The molecule has 0 aromatic rings. The minimum Gasteiger partial charge on any atom is -0.420 e. The Labute approximate surface area is 91.8 Å². The molecule has 0 N–H and O–H groups in total. The quantitative estimate of drug-likeness (QED) is 0.516. The van der Waals surface area contributed by atoms with Crippen molar-refractivity contribution in [2.45, 2.75) is 36.5 Å². The predicted octanol–water partition coefficient (Wildman–Crippen LogP) is 2.20. The second-order valence-electron chi connectivity index (χ2n) is 4.25. The number of rotatable bonds is 5. The lowest BCUT2D eigenvalue weighted by Crippen LogP contribution is -2.31. The zero-order chi connectivity index (χ0) is 10.4. The molecule has 80 valence electrons. The first-order chi connectivity index (χ1) is 6.77. The lowest BCUT2D eigenvalue weighted by atomic mass is 10.4. The van der Waals surface area contributed by atoms with Gasteiger partial charge in [-0.3, -0.25) is 0 Å². The van der Waals surface area contributed by atoms with Crippen LogP contribution in [0.4, 0.5) is 0 Å². The molecule has 0 aliphatic carbocycles. The van der Waals surface area contributed by atoms with Crippen LogP contribution in [0.15, 0.2) is 25.3 Å². The molecule has 2 unspecified atom stereocenters. The fraction of sp³-hybridized carbons (Fsp3) is 0.636. The highest BCUT2D eigenvalue weighted by atomic mass is 28.3. The highest BCUT2D eigenvalue weighted by Gasteiger charge is 2.24. The molecule has 0 radical (unpaired) electrons. The third-order valence-electron chi connectivity index (χ3n) is 3.10. The van der Waals surface area contributed by atoms with E-state index in [0.29, 0.717) is 5.54 Å². The molecule has 0 bridgehead atoms. The summed E-state index contributed by atoms with van der Waals surface area (Å²) in [6.45, 7) is 11.2. The molecule has 1 fully saturated rings. The van der Waals surface area contributed by atoms with E-state index in [9.17, 15) is 0 Å². The summed E-state index contributed by atoms with van der Waals surface area (Å²) in [5.74, 6) is 0. The topological polar surface area (TPSA) is 9.23 Å². The molecule has 1 saturated heterocycles. The maximum Gasteiger partial charge on any atom is 0.176 e. The normalized spacial score (nSPS) is 25.4. The third kappa shape index (κ3) is 3.55. The van der Waals surface area contributed by atoms with Gasteiger partial charge < -0.3 is 4.43 Å². The fourth-order valence-electron chi connectivity index (χ4n) is 2.08. The van der Waals surface area contributed by atoms with Crippen molar-refractivity contribution in [3.8, 4) is 0 Å². The third-order valence-corrected chi connectivity index (χ3v) is 10.4. The average Bonchev–Trinajstić information content (AvgIpc) is 2.26. The van der Waals surface area contributed by atoms with Crippen molar-refractivity contribution in [1.29, 1.82) is 0 Å². The summed E-state index contributed by atoms with van der Waals surface area (Å²) in [5, 5.41) is 0.899. The largest absolute Gasteiger partial charge is 0.420 e. The second kappa shape index (κ2) is 6.37. The van der Waals surface area contributed by atoms with E-state index in [4.69, 9.17) is 4.43 Å². The molecular formula is C11H22OSi2. The maximum atomic E-state index is 5.93. The van der Waals surface area contributed by atoms with Crippen molar-refractivity contribution in [2.24, 2.45) is 0 Å². The Morgan fingerprint density at radius 1 is 1.36 bits per heavy atom. The Kier molecular flexibility index (Phi) is 5.44. The molecule has 14 heavy (non-hydrogen) atoms. The van der Waals surface area contributed by atoms with Gasteiger partial charge in [-0.25, -0.2) is 0 Å². The number of hydrogen-bond donors (Lipinski definition) is 0. The van der Waals surface area contributed by atoms with Gasteiger partial charge in [0.05, 0.1) is 0 Å². The summed E-state index contributed by atoms with van der Waals surface area (Å²) in [4.78, 5) is 0. The van der Waals surface area contributed by atoms with Crippen LogP contribution >= 0.6 is 0 Å². The molecule has 1 aliphatic rings. The molecule has 0 aromatic heterocycles. The van der Waals surface area contributed by atoms with Crippen molar-refractivity contribution in [3.05, 3.63) is 25.3 Å². The Balaban J connectivity index is 2.34. The van der Waals surface area contributed by atoms with E-state index in [2.05, 4.69) is 32.2 Å². The van der Waals surface area contributed by atoms with Gasteiger partial charge in [0, 0.05) is 16.1 Å². The minimum atomic E-state index is -0.838. The van der Waals surface area contributed by atoms with Gasteiger partial charge in [-0.2, -0.15) is 0 Å². The molecule has 1 aliphatic heterocycles. The zero-order valence-electron chi connectivity index (χ0n) is 9.24. The molecule has 0 amide bonds. The molecule has 0 aromatic carbocycles. The highest BCUT2D eigenvalue weighted by Crippen LogP contribution is 2.24. The molecule has 0 saturated carbocycles. The van der Waals surface area contributed by atoms with E-state index >= 15 is 0 Å². The Morgan fingerprint density at radius 2 is 2.07 bits per heavy atom. The van der Waals surface area contributed by atoms with Gasteiger partial charge in [0.15, 0.2) is 9.04 Å². The Morgan fingerprint density at radius 3 is 2.57 bits per heavy atom. The second-order valence-corrected chi connectivity index (χ2v) is 11.0. The van der Waals surface area contributed by atoms with Crippen LogP contribution < -0.4 is 0 Å². The van der Waals surface area contributed by atoms with E-state index in [1.165, 1.54) is 18.9 Å². The SMILES string of the molecule is C=CC(C=C)[SiH2]C(C)[SiH]1CCCCO1. The molecule has 3 heteroatoms. The summed E-state index contributed by atoms with van der Waals surface area (Å²) >= 11 is 0. The summed E-state index contributed by atoms with van der Waals surface area (Å²) < 4.78 is 5.93. The van der Waals surface area contributed by atoms with E-state index in [1.54, 1.807) is 0 Å². The number of allylic oxidation sites excluding steroid dienone is 2. The lowest BCUT2D eigenvalue weighted by Gasteiger charge is -2.27. The minimum absolute atomic E-state index is 0.0946. The van der Waals surface area contributed by atoms with Gasteiger partial charge in [-0.15, -0.1) is 13.2 Å². The maximum absolute atomic E-state index is 5.93. The Hall–Kier alpha value is -0.126. The van der Waals surface area contributed by atoms with Gasteiger partial charge in [0.25, 0.3) is 0 Å². The first-order valence-corrected chi connectivity index (χ1v) is 9.23. The van der Waals surface area contributed by atoms with Crippen molar-refractivity contribution in [1.82, 2.24) is 0 Å². The molecule has 2 atom stereocenters. The first-order valence-electron chi connectivity index (χ1n) is 5.64. The predicted molar refractivity (Wildman–Crippen MR) is 69.3 cm³/mol. The van der Waals surface area contributed by atoms with Gasteiger partial charge in [0.2, 0.25) is 0 Å². The van der Waals surface area contributed by atoms with E-state index in [1.807, 2.05) is 0 Å². The van der Waals surface area contributed by atoms with Gasteiger partial charge >= 0.3 is 0 Å². The van der Waals surface area contributed by atoms with Crippen molar-refractivity contribution < 1.29 is 4.43 Å². The van der Waals surface area contributed by atoms with E-state index in [0.717, 1.165) is 11.8 Å². The molecule has 1 rings (SSSR count). The van der Waals surface area contributed by atoms with Crippen molar-refractivity contribution in [2.75, 3.05) is 6.61 Å². The first kappa shape index (κ1) is 11.9. The average molecular weight is 226 g/mol. The summed E-state index contributed by atoms with van der Waals surface area (Å²) in [5.41, 5.74) is 0.614. The van der Waals surface area contributed by atoms with Crippen LogP contribution in [0, 0.1) is 0 Å². The molecule has 0 spiro atoms. The smallest absolute Gasteiger partial charge is 0.176 e. The van der Waals surface area contributed by atoms with Crippen molar-refractivity contribution >= 4 is 18.6 Å². The molecule has 1 nitrogen and oxygen atoms in total. The van der Waals surface area contributed by atoms with Crippen molar-refractivity contribution in [3.63, 3.8) is 0 Å². The lowest BCUT2D eigenvalue weighted by molar-refractivity contribution is 0.285. The number of hydrogen-bond acceptors (Lipinski definition) is 1. The highest BCUT2D eigenvalue weighted by molar-refractivity contribution is 6.68. The molecule has 1 heterocycles. The van der Waals surface area contributed by atoms with Gasteiger partial charge in [-0.05, 0) is 23.2 Å². The summed E-state index contributed by atoms with van der Waals surface area (Å²) in [6.07, 6.45) is 6.81. The monoisotopic (exact) mass is 226 g/mol. The van der Waals surface area contributed by atoms with Crippen LogP contribution in [0.5, 0.6) is 0 Å². The zero-order valence-corrected chi connectivity index (χ0v) is 11.8. The van der Waals surface area contributed by atoms with Gasteiger partial charge in [0.1, 0.15) is 0 Å². The van der Waals surface area contributed by atoms with Crippen LogP contribution in [0.3, 0.4) is 0 Å². The van der Waals surface area contributed by atoms with Crippen LogP contribution in [0.1, 0.15) is 19.8 Å². The van der Waals surface area contributed by atoms with E-state index in [-0.39, 0.29) is 9.52 Å². The summed E-state index contributed by atoms with van der Waals surface area (Å²) in [6, 6.07) is 1.40. The van der Waals surface area contributed by atoms with Crippen LogP contribution in [-0.2, 0) is 4.43 Å². The van der Waals surface area contributed by atoms with E-state index < -0.39 is 9.04 Å². The van der Waals surface area contributed by atoms with Crippen LogP contribution in [0.2, 0.25) is 16.7 Å². The van der Waals surface area contributed by atoms with Gasteiger partial charge in [-0.1, -0.05) is 25.5 Å².